The molecule has 0 unspecified atom stereocenters. The zero-order valence-corrected chi connectivity index (χ0v) is 18.1. The van der Waals surface area contributed by atoms with E-state index in [9.17, 15) is 4.79 Å². The van der Waals surface area contributed by atoms with Crippen molar-refractivity contribution in [2.75, 3.05) is 25.1 Å². The number of ether oxygens (including phenoxy) is 2. The van der Waals surface area contributed by atoms with Crippen LogP contribution in [0.2, 0.25) is 5.15 Å². The number of carbonyl (C=O) groups is 1. The van der Waals surface area contributed by atoms with Gasteiger partial charge in [0.05, 0.1) is 13.7 Å². The highest BCUT2D eigenvalue weighted by Crippen LogP contribution is 2.23. The normalized spacial score (nSPS) is 12.2. The number of rotatable bonds is 9. The number of guanidine groups is 1. The van der Waals surface area contributed by atoms with Crippen LogP contribution in [0, 0.1) is 0 Å². The Balaban J connectivity index is 1.88. The Morgan fingerprint density at radius 3 is 2.58 bits per heavy atom. The van der Waals surface area contributed by atoms with Crippen molar-refractivity contribution in [2.24, 2.45) is 10.7 Å². The molecule has 1 amide bonds. The molecule has 1 aromatic heterocycles. The van der Waals surface area contributed by atoms with Crippen LogP contribution in [0.4, 0.5) is 16.4 Å². The summed E-state index contributed by atoms with van der Waals surface area (Å²) in [5.74, 6) is 0.620. The number of amides is 1. The number of nitrogens with two attached hydrogens (primary N) is 3. The lowest BCUT2D eigenvalue weighted by Gasteiger charge is -2.19. The number of nitrogens with zero attached hydrogens (tertiary/aromatic N) is 3. The molecule has 1 atom stereocenters. The van der Waals surface area contributed by atoms with Crippen LogP contribution in [0.25, 0.3) is 0 Å². The van der Waals surface area contributed by atoms with Gasteiger partial charge in [-0.2, -0.15) is 4.98 Å². The molecule has 0 saturated carbocycles. The second-order valence-corrected chi connectivity index (χ2v) is 6.90. The van der Waals surface area contributed by atoms with Crippen LogP contribution in [0.3, 0.4) is 0 Å². The monoisotopic (exact) mass is 450 g/mol. The summed E-state index contributed by atoms with van der Waals surface area (Å²) in [5, 5.41) is 5.62. The average molecular weight is 451 g/mol. The molecule has 0 fully saturated rings. The number of aromatic nitrogens is 2. The lowest BCUT2D eigenvalue weighted by Crippen LogP contribution is -2.47. The first-order valence-corrected chi connectivity index (χ1v) is 9.93. The fourth-order valence-electron chi connectivity index (χ4n) is 2.57. The first-order valence-electron chi connectivity index (χ1n) is 9.55. The lowest BCUT2D eigenvalue weighted by molar-refractivity contribution is 0.197. The third-order valence-electron chi connectivity index (χ3n) is 4.13. The molecule has 31 heavy (non-hydrogen) atoms. The molecule has 1 aromatic carbocycles. The first kappa shape index (κ1) is 23.8. The van der Waals surface area contributed by atoms with E-state index in [0.29, 0.717) is 6.54 Å². The standard InChI is InChI=1S/C19H27ClN8O3/c1-3-4-12(26-18(23)24-9-11-5-7-13(30-2)8-6-11)10-25-19(29)31-17-16(22)28-15(21)14(20)27-17/h5-8,12H,3-4,9-10H2,1-2H3,(H,25,29)(H4,21,22,28)(H3,23,24,26)/t12-/m1/s1. The van der Waals surface area contributed by atoms with Gasteiger partial charge in [0, 0.05) is 12.6 Å². The van der Waals surface area contributed by atoms with Gasteiger partial charge in [-0.25, -0.2) is 14.8 Å². The fraction of sp³-hybridized carbons (Fsp3) is 0.368. The van der Waals surface area contributed by atoms with Gasteiger partial charge in [-0.15, -0.1) is 0 Å². The molecule has 0 aliphatic heterocycles. The summed E-state index contributed by atoms with van der Waals surface area (Å²) in [5.41, 5.74) is 18.1. The summed E-state index contributed by atoms with van der Waals surface area (Å²) in [7, 11) is 1.61. The number of hydrogen-bond acceptors (Lipinski definition) is 8. The topological polar surface area (TPSA) is 176 Å². The van der Waals surface area contributed by atoms with Gasteiger partial charge in [0.25, 0.3) is 5.88 Å². The van der Waals surface area contributed by atoms with Crippen molar-refractivity contribution in [1.29, 1.82) is 0 Å². The molecule has 0 radical (unpaired) electrons. The van der Waals surface area contributed by atoms with Crippen molar-refractivity contribution in [1.82, 2.24) is 20.6 Å². The highest BCUT2D eigenvalue weighted by Gasteiger charge is 2.15. The van der Waals surface area contributed by atoms with E-state index in [0.717, 1.165) is 24.2 Å². The average Bonchev–Trinajstić information content (AvgIpc) is 2.75. The molecule has 2 aromatic rings. The highest BCUT2D eigenvalue weighted by molar-refractivity contribution is 6.31. The second-order valence-electron chi connectivity index (χ2n) is 6.54. The minimum absolute atomic E-state index is 0.0523. The number of carbonyl (C=O) groups excluding carboxylic acids is 1. The van der Waals surface area contributed by atoms with Crippen LogP contribution in [-0.4, -0.2) is 41.7 Å². The maximum absolute atomic E-state index is 12.1. The van der Waals surface area contributed by atoms with E-state index in [-0.39, 0.29) is 41.2 Å². The van der Waals surface area contributed by atoms with Crippen LogP contribution in [0.15, 0.2) is 29.3 Å². The molecular weight excluding hydrogens is 424 g/mol. The minimum atomic E-state index is -0.765. The number of aliphatic imine (C=N–C) groups is 1. The van der Waals surface area contributed by atoms with Crippen molar-refractivity contribution in [3.05, 3.63) is 35.0 Å². The second kappa shape index (κ2) is 11.6. The Labute approximate surface area is 185 Å². The van der Waals surface area contributed by atoms with Crippen molar-refractivity contribution in [2.45, 2.75) is 32.4 Å². The molecular formula is C19H27ClN8O3. The van der Waals surface area contributed by atoms with Crippen LogP contribution >= 0.6 is 11.6 Å². The van der Waals surface area contributed by atoms with E-state index < -0.39 is 6.09 Å². The van der Waals surface area contributed by atoms with Gasteiger partial charge in [0.15, 0.2) is 22.7 Å². The minimum Gasteiger partial charge on any atom is -0.497 e. The van der Waals surface area contributed by atoms with E-state index in [1.807, 2.05) is 31.2 Å². The van der Waals surface area contributed by atoms with Gasteiger partial charge < -0.3 is 37.3 Å². The molecule has 0 aliphatic carbocycles. The van der Waals surface area contributed by atoms with Gasteiger partial charge in [-0.05, 0) is 24.1 Å². The lowest BCUT2D eigenvalue weighted by atomic mass is 10.1. The van der Waals surface area contributed by atoms with E-state index in [1.54, 1.807) is 7.11 Å². The van der Waals surface area contributed by atoms with Crippen LogP contribution < -0.4 is 37.3 Å². The van der Waals surface area contributed by atoms with Crippen molar-refractivity contribution < 1.29 is 14.3 Å². The molecule has 0 saturated heterocycles. The number of nitrogen functional groups attached to an aromatic ring is 2. The number of anilines is 2. The van der Waals surface area contributed by atoms with E-state index >= 15 is 0 Å². The summed E-state index contributed by atoms with van der Waals surface area (Å²) < 4.78 is 10.2. The number of hydrogen-bond donors (Lipinski definition) is 5. The number of benzene rings is 1. The predicted molar refractivity (Wildman–Crippen MR) is 120 cm³/mol. The molecule has 0 spiro atoms. The van der Waals surface area contributed by atoms with Crippen LogP contribution in [0.5, 0.6) is 11.6 Å². The molecule has 0 aliphatic rings. The Bertz CT molecular complexity index is 908. The van der Waals surface area contributed by atoms with Crippen molar-refractivity contribution >= 4 is 35.3 Å². The summed E-state index contributed by atoms with van der Waals surface area (Å²) in [6.45, 7) is 2.67. The highest BCUT2D eigenvalue weighted by atomic mass is 35.5. The van der Waals surface area contributed by atoms with Gasteiger partial charge in [-0.3, -0.25) is 0 Å². The maximum Gasteiger partial charge on any atom is 0.414 e. The summed E-state index contributed by atoms with van der Waals surface area (Å²) in [6, 6.07) is 7.38. The van der Waals surface area contributed by atoms with Gasteiger partial charge >= 0.3 is 6.09 Å². The molecule has 11 nitrogen and oxygen atoms in total. The number of halogens is 1. The molecule has 1 heterocycles. The summed E-state index contributed by atoms with van der Waals surface area (Å²) >= 11 is 5.78. The van der Waals surface area contributed by atoms with E-state index in [2.05, 4.69) is 25.6 Å². The quantitative estimate of drug-likeness (QED) is 0.281. The largest absolute Gasteiger partial charge is 0.497 e. The zero-order chi connectivity index (χ0) is 22.8. The Hall–Kier alpha value is -3.47. The van der Waals surface area contributed by atoms with Gasteiger partial charge in [-0.1, -0.05) is 37.1 Å². The number of methoxy groups -OCH3 is 1. The maximum atomic E-state index is 12.1. The van der Waals surface area contributed by atoms with Crippen molar-refractivity contribution in [3.8, 4) is 11.6 Å². The van der Waals surface area contributed by atoms with Crippen molar-refractivity contribution in [3.63, 3.8) is 0 Å². The summed E-state index contributed by atoms with van der Waals surface area (Å²) in [4.78, 5) is 24.0. The summed E-state index contributed by atoms with van der Waals surface area (Å²) in [6.07, 6.45) is 0.847. The number of nitrogens with one attached hydrogen (secondary N) is 2. The molecule has 8 N–H and O–H groups in total. The van der Waals surface area contributed by atoms with Crippen LogP contribution in [-0.2, 0) is 6.54 Å². The molecule has 168 valence electrons. The van der Waals surface area contributed by atoms with Gasteiger partial charge in [0.2, 0.25) is 0 Å². The Morgan fingerprint density at radius 2 is 1.94 bits per heavy atom. The third kappa shape index (κ3) is 7.70. The Kier molecular flexibility index (Phi) is 8.94. The fourth-order valence-corrected chi connectivity index (χ4v) is 2.69. The molecule has 12 heteroatoms. The van der Waals surface area contributed by atoms with Crippen LogP contribution in [0.1, 0.15) is 25.3 Å². The Morgan fingerprint density at radius 1 is 1.23 bits per heavy atom. The SMILES string of the molecule is CCC[C@H](CNC(=O)Oc1nc(Cl)c(N)nc1N)NC(N)=NCc1ccc(OC)cc1. The van der Waals surface area contributed by atoms with E-state index in [4.69, 9.17) is 38.3 Å². The predicted octanol–water partition coefficient (Wildman–Crippen LogP) is 1.66. The third-order valence-corrected chi connectivity index (χ3v) is 4.41. The first-order chi connectivity index (χ1) is 14.8. The molecule has 2 rings (SSSR count). The smallest absolute Gasteiger partial charge is 0.414 e. The zero-order valence-electron chi connectivity index (χ0n) is 17.4. The molecule has 0 bridgehead atoms. The van der Waals surface area contributed by atoms with Gasteiger partial charge in [0.1, 0.15) is 5.75 Å². The van der Waals surface area contributed by atoms with E-state index in [1.165, 1.54) is 0 Å².